The van der Waals surface area contributed by atoms with Crippen LogP contribution in [0.15, 0.2) is 18.2 Å². The predicted molar refractivity (Wildman–Crippen MR) is 62.4 cm³/mol. The normalized spacial score (nSPS) is 14.8. The number of hydrogen-bond acceptors (Lipinski definition) is 1. The fourth-order valence-electron chi connectivity index (χ4n) is 1.81. The van der Waals surface area contributed by atoms with E-state index >= 15 is 0 Å². The van der Waals surface area contributed by atoms with Crippen LogP contribution in [0.4, 0.5) is 8.78 Å². The maximum absolute atomic E-state index is 13.4. The Morgan fingerprint density at radius 3 is 2.56 bits per heavy atom. The maximum Gasteiger partial charge on any atom is 0.126 e. The highest BCUT2D eigenvalue weighted by Gasteiger charge is 2.16. The minimum Gasteiger partial charge on any atom is -0.316 e. The molecule has 0 aliphatic carbocycles. The molecule has 1 N–H and O–H groups in total. The Morgan fingerprint density at radius 2 is 2.00 bits per heavy atom. The molecule has 0 saturated heterocycles. The number of rotatable bonds is 5. The number of benzene rings is 1. The van der Waals surface area contributed by atoms with Gasteiger partial charge >= 0.3 is 0 Å². The van der Waals surface area contributed by atoms with Gasteiger partial charge in [-0.05, 0) is 43.1 Å². The molecule has 0 aromatic heterocycles. The van der Waals surface area contributed by atoms with Gasteiger partial charge in [-0.15, -0.1) is 0 Å². The molecular weight excluding hydrogens is 208 g/mol. The Hall–Kier alpha value is -0.960. The second-order valence-corrected chi connectivity index (χ2v) is 4.22. The molecule has 0 fully saturated rings. The second-order valence-electron chi connectivity index (χ2n) is 4.22. The van der Waals surface area contributed by atoms with Gasteiger partial charge in [-0.1, -0.05) is 20.3 Å². The zero-order valence-electron chi connectivity index (χ0n) is 10.1. The highest BCUT2D eigenvalue weighted by molar-refractivity contribution is 5.20. The number of likely N-dealkylation sites (N-methyl/N-ethyl adjacent to an activating group) is 1. The van der Waals surface area contributed by atoms with Crippen molar-refractivity contribution >= 4 is 0 Å². The standard InChI is InChI=1S/C13H19F2N/c1-4-9(2)13(16-3)8-10-7-11(14)5-6-12(10)15/h5-7,9,13,16H,4,8H2,1-3H3. The summed E-state index contributed by atoms with van der Waals surface area (Å²) < 4.78 is 26.4. The molecule has 0 heterocycles. The first kappa shape index (κ1) is 13.1. The van der Waals surface area contributed by atoms with Crippen LogP contribution in [0.1, 0.15) is 25.8 Å². The van der Waals surface area contributed by atoms with Gasteiger partial charge in [0.05, 0.1) is 0 Å². The van der Waals surface area contributed by atoms with E-state index in [0.717, 1.165) is 12.5 Å². The molecule has 0 aliphatic rings. The minimum atomic E-state index is -0.379. The number of halogens is 2. The van der Waals surface area contributed by atoms with Gasteiger partial charge in [0, 0.05) is 6.04 Å². The van der Waals surface area contributed by atoms with Crippen LogP contribution in [0.5, 0.6) is 0 Å². The van der Waals surface area contributed by atoms with Crippen LogP contribution in [0.3, 0.4) is 0 Å². The molecule has 16 heavy (non-hydrogen) atoms. The molecular formula is C13H19F2N. The summed E-state index contributed by atoms with van der Waals surface area (Å²) in [5, 5.41) is 3.16. The van der Waals surface area contributed by atoms with E-state index < -0.39 is 0 Å². The van der Waals surface area contributed by atoms with Gasteiger partial charge in [0.25, 0.3) is 0 Å². The molecule has 1 aromatic rings. The first-order valence-corrected chi connectivity index (χ1v) is 5.69. The summed E-state index contributed by atoms with van der Waals surface area (Å²) in [5.74, 6) is -0.270. The molecule has 2 atom stereocenters. The average molecular weight is 227 g/mol. The van der Waals surface area contributed by atoms with Gasteiger partial charge in [-0.3, -0.25) is 0 Å². The molecule has 0 spiro atoms. The van der Waals surface area contributed by atoms with E-state index in [9.17, 15) is 8.78 Å². The first-order valence-electron chi connectivity index (χ1n) is 5.69. The fraction of sp³-hybridized carbons (Fsp3) is 0.538. The minimum absolute atomic E-state index is 0.182. The Kier molecular flexibility index (Phi) is 4.87. The summed E-state index contributed by atoms with van der Waals surface area (Å²) >= 11 is 0. The lowest BCUT2D eigenvalue weighted by molar-refractivity contribution is 0.381. The lowest BCUT2D eigenvalue weighted by Gasteiger charge is -2.22. The number of hydrogen-bond donors (Lipinski definition) is 1. The van der Waals surface area contributed by atoms with Crippen LogP contribution in [0, 0.1) is 17.6 Å². The third-order valence-electron chi connectivity index (χ3n) is 3.15. The van der Waals surface area contributed by atoms with Crippen LogP contribution in [0.2, 0.25) is 0 Å². The first-order chi connectivity index (χ1) is 7.58. The average Bonchev–Trinajstić information content (AvgIpc) is 2.29. The van der Waals surface area contributed by atoms with Crippen LogP contribution in [-0.2, 0) is 6.42 Å². The van der Waals surface area contributed by atoms with Crippen molar-refractivity contribution in [2.24, 2.45) is 5.92 Å². The van der Waals surface area contributed by atoms with Gasteiger partial charge in [0.2, 0.25) is 0 Å². The largest absolute Gasteiger partial charge is 0.316 e. The zero-order chi connectivity index (χ0) is 12.1. The maximum atomic E-state index is 13.4. The number of nitrogens with one attached hydrogen (secondary N) is 1. The van der Waals surface area contributed by atoms with E-state index in [2.05, 4.69) is 19.2 Å². The smallest absolute Gasteiger partial charge is 0.126 e. The fourth-order valence-corrected chi connectivity index (χ4v) is 1.81. The van der Waals surface area contributed by atoms with Crippen molar-refractivity contribution in [2.45, 2.75) is 32.7 Å². The summed E-state index contributed by atoms with van der Waals surface area (Å²) in [6.07, 6.45) is 1.54. The topological polar surface area (TPSA) is 12.0 Å². The molecule has 1 rings (SSSR count). The van der Waals surface area contributed by atoms with E-state index in [4.69, 9.17) is 0 Å². The summed E-state index contributed by atoms with van der Waals surface area (Å²) in [4.78, 5) is 0. The quantitative estimate of drug-likeness (QED) is 0.814. The van der Waals surface area contributed by atoms with Crippen LogP contribution in [0.25, 0.3) is 0 Å². The van der Waals surface area contributed by atoms with E-state index in [1.807, 2.05) is 7.05 Å². The van der Waals surface area contributed by atoms with E-state index in [1.165, 1.54) is 12.1 Å². The SMILES string of the molecule is CCC(C)C(Cc1cc(F)ccc1F)NC. The Morgan fingerprint density at radius 1 is 1.31 bits per heavy atom. The molecule has 2 unspecified atom stereocenters. The molecule has 3 heteroatoms. The van der Waals surface area contributed by atoms with Crippen molar-refractivity contribution in [3.05, 3.63) is 35.4 Å². The second kappa shape index (κ2) is 5.94. The van der Waals surface area contributed by atoms with Crippen molar-refractivity contribution in [3.63, 3.8) is 0 Å². The van der Waals surface area contributed by atoms with Crippen molar-refractivity contribution in [1.82, 2.24) is 5.32 Å². The Labute approximate surface area is 95.9 Å². The monoisotopic (exact) mass is 227 g/mol. The summed E-state index contributed by atoms with van der Waals surface area (Å²) in [7, 11) is 1.86. The highest BCUT2D eigenvalue weighted by atomic mass is 19.1. The summed E-state index contributed by atoms with van der Waals surface area (Å²) in [5.41, 5.74) is 0.444. The highest BCUT2D eigenvalue weighted by Crippen LogP contribution is 2.16. The van der Waals surface area contributed by atoms with E-state index in [0.29, 0.717) is 17.9 Å². The molecule has 1 nitrogen and oxygen atoms in total. The van der Waals surface area contributed by atoms with Crippen molar-refractivity contribution in [1.29, 1.82) is 0 Å². The Bertz CT molecular complexity index is 339. The molecule has 0 bridgehead atoms. The molecule has 90 valence electrons. The van der Waals surface area contributed by atoms with Crippen LogP contribution >= 0.6 is 0 Å². The van der Waals surface area contributed by atoms with Gasteiger partial charge in [-0.2, -0.15) is 0 Å². The third-order valence-corrected chi connectivity index (χ3v) is 3.15. The van der Waals surface area contributed by atoms with Crippen LogP contribution < -0.4 is 5.32 Å². The summed E-state index contributed by atoms with van der Waals surface area (Å²) in [6.45, 7) is 4.20. The predicted octanol–water partition coefficient (Wildman–Crippen LogP) is 3.14. The molecule has 0 amide bonds. The third kappa shape index (κ3) is 3.27. The summed E-state index contributed by atoms with van der Waals surface area (Å²) in [6, 6.07) is 3.80. The van der Waals surface area contributed by atoms with Crippen molar-refractivity contribution in [2.75, 3.05) is 7.05 Å². The van der Waals surface area contributed by atoms with Gasteiger partial charge in [0.1, 0.15) is 11.6 Å². The lowest BCUT2D eigenvalue weighted by atomic mass is 9.93. The van der Waals surface area contributed by atoms with Crippen molar-refractivity contribution < 1.29 is 8.78 Å². The van der Waals surface area contributed by atoms with E-state index in [-0.39, 0.29) is 17.7 Å². The molecule has 0 saturated carbocycles. The molecule has 0 aliphatic heterocycles. The zero-order valence-corrected chi connectivity index (χ0v) is 10.1. The van der Waals surface area contributed by atoms with E-state index in [1.54, 1.807) is 0 Å². The van der Waals surface area contributed by atoms with Gasteiger partial charge in [0.15, 0.2) is 0 Å². The van der Waals surface area contributed by atoms with Crippen molar-refractivity contribution in [3.8, 4) is 0 Å². The van der Waals surface area contributed by atoms with Crippen LogP contribution in [-0.4, -0.2) is 13.1 Å². The lowest BCUT2D eigenvalue weighted by Crippen LogP contribution is -2.34. The molecule has 1 aromatic carbocycles. The van der Waals surface area contributed by atoms with Gasteiger partial charge < -0.3 is 5.32 Å². The Balaban J connectivity index is 2.81. The molecule has 0 radical (unpaired) electrons. The van der Waals surface area contributed by atoms with Gasteiger partial charge in [-0.25, -0.2) is 8.78 Å².